The van der Waals surface area contributed by atoms with Crippen LogP contribution in [0.1, 0.15) is 46.6 Å². The van der Waals surface area contributed by atoms with Crippen molar-refractivity contribution in [2.45, 2.75) is 59.3 Å². The van der Waals surface area contributed by atoms with Crippen molar-refractivity contribution < 1.29 is 19.0 Å². The summed E-state index contributed by atoms with van der Waals surface area (Å²) in [5, 5.41) is 0. The van der Waals surface area contributed by atoms with Gasteiger partial charge in [0.1, 0.15) is 12.2 Å². The second-order valence-corrected chi connectivity index (χ2v) is 6.70. The fourth-order valence-corrected chi connectivity index (χ4v) is 2.07. The van der Waals surface area contributed by atoms with E-state index in [0.717, 1.165) is 12.0 Å². The summed E-state index contributed by atoms with van der Waals surface area (Å²) < 4.78 is 16.8. The number of nitrogens with zero attached hydrogens (tertiary/aromatic N) is 2. The second kappa shape index (κ2) is 7.06. The fourth-order valence-electron chi connectivity index (χ4n) is 2.07. The summed E-state index contributed by atoms with van der Waals surface area (Å²) in [6.07, 6.45) is 0.671. The highest BCUT2D eigenvalue weighted by Crippen LogP contribution is 2.25. The molecule has 0 spiro atoms. The fraction of sp³-hybridized carbons (Fsp3) is 0.647. The zero-order chi connectivity index (χ0) is 17.0. The van der Waals surface area contributed by atoms with Crippen molar-refractivity contribution in [3.8, 4) is 11.8 Å². The number of amides is 1. The van der Waals surface area contributed by atoms with Gasteiger partial charge in [0.05, 0.1) is 19.2 Å². The largest absolute Gasteiger partial charge is 0.475 e. The van der Waals surface area contributed by atoms with E-state index < -0.39 is 5.60 Å². The zero-order valence-electron chi connectivity index (χ0n) is 14.6. The Morgan fingerprint density at radius 3 is 2.83 bits per heavy atom. The predicted octanol–water partition coefficient (Wildman–Crippen LogP) is 3.39. The van der Waals surface area contributed by atoms with Crippen LogP contribution in [-0.4, -0.2) is 40.8 Å². The Labute approximate surface area is 137 Å². The van der Waals surface area contributed by atoms with Crippen LogP contribution >= 0.6 is 0 Å². The topological polar surface area (TPSA) is 60.9 Å². The van der Waals surface area contributed by atoms with E-state index in [2.05, 4.69) is 11.9 Å². The monoisotopic (exact) mass is 322 g/mol. The summed E-state index contributed by atoms with van der Waals surface area (Å²) in [5.74, 6) is 1.07. The van der Waals surface area contributed by atoms with E-state index in [9.17, 15) is 4.79 Å². The van der Waals surface area contributed by atoms with Crippen molar-refractivity contribution in [1.82, 2.24) is 9.88 Å². The van der Waals surface area contributed by atoms with E-state index in [-0.39, 0.29) is 12.2 Å². The first-order valence-corrected chi connectivity index (χ1v) is 8.06. The van der Waals surface area contributed by atoms with Gasteiger partial charge in [-0.25, -0.2) is 4.79 Å². The molecule has 0 radical (unpaired) electrons. The molecule has 1 aliphatic heterocycles. The van der Waals surface area contributed by atoms with Crippen molar-refractivity contribution in [1.29, 1.82) is 0 Å². The molecule has 6 heteroatoms. The van der Waals surface area contributed by atoms with Gasteiger partial charge in [-0.1, -0.05) is 6.92 Å². The quantitative estimate of drug-likeness (QED) is 0.853. The molecule has 0 aromatic carbocycles. The summed E-state index contributed by atoms with van der Waals surface area (Å²) in [5.41, 5.74) is 0.337. The Morgan fingerprint density at radius 1 is 1.43 bits per heavy atom. The van der Waals surface area contributed by atoms with E-state index in [1.54, 1.807) is 4.90 Å². The van der Waals surface area contributed by atoms with Gasteiger partial charge in [-0.2, -0.15) is 4.98 Å². The molecule has 23 heavy (non-hydrogen) atoms. The molecule has 2 rings (SSSR count). The van der Waals surface area contributed by atoms with Crippen molar-refractivity contribution >= 4 is 6.09 Å². The molecule has 1 aromatic rings. The van der Waals surface area contributed by atoms with E-state index >= 15 is 0 Å². The van der Waals surface area contributed by atoms with Gasteiger partial charge in [0.25, 0.3) is 0 Å². The van der Waals surface area contributed by atoms with Gasteiger partial charge < -0.3 is 19.1 Å². The number of carbonyl (C=O) groups excluding carboxylic acids is 1. The van der Waals surface area contributed by atoms with Crippen molar-refractivity contribution in [2.75, 3.05) is 13.2 Å². The molecule has 2 heterocycles. The average molecular weight is 322 g/mol. The van der Waals surface area contributed by atoms with E-state index in [1.165, 1.54) is 0 Å². The molecule has 0 fully saturated rings. The normalized spacial score (nSPS) is 16.0. The molecule has 1 aliphatic rings. The first-order valence-electron chi connectivity index (χ1n) is 8.06. The molecule has 0 bridgehead atoms. The number of pyridine rings is 1. The number of hydrogen-bond acceptors (Lipinski definition) is 5. The van der Waals surface area contributed by atoms with Crippen molar-refractivity contribution in [2.24, 2.45) is 0 Å². The van der Waals surface area contributed by atoms with Crippen LogP contribution in [-0.2, 0) is 11.3 Å². The molecular weight excluding hydrogens is 296 g/mol. The van der Waals surface area contributed by atoms with Crippen LogP contribution in [0.5, 0.6) is 11.8 Å². The Hall–Kier alpha value is -1.98. The Kier molecular flexibility index (Phi) is 5.34. The van der Waals surface area contributed by atoms with Crippen LogP contribution in [0.15, 0.2) is 12.1 Å². The van der Waals surface area contributed by atoms with Crippen molar-refractivity contribution in [3.63, 3.8) is 0 Å². The lowest BCUT2D eigenvalue weighted by Gasteiger charge is -2.26. The highest BCUT2D eigenvalue weighted by molar-refractivity contribution is 5.68. The minimum Gasteiger partial charge on any atom is -0.475 e. The molecule has 128 valence electrons. The predicted molar refractivity (Wildman–Crippen MR) is 86.8 cm³/mol. The van der Waals surface area contributed by atoms with E-state index in [4.69, 9.17) is 14.2 Å². The first kappa shape index (κ1) is 17.4. The summed E-state index contributed by atoms with van der Waals surface area (Å²) in [6.45, 7) is 10.9. The number of aromatic nitrogens is 1. The maximum absolute atomic E-state index is 12.2. The summed E-state index contributed by atoms with van der Waals surface area (Å²) in [7, 11) is 0. The van der Waals surface area contributed by atoms with Gasteiger partial charge in [-0.15, -0.1) is 0 Å². The van der Waals surface area contributed by atoms with Crippen LogP contribution < -0.4 is 9.47 Å². The highest BCUT2D eigenvalue weighted by atomic mass is 16.6. The summed E-state index contributed by atoms with van der Waals surface area (Å²) in [4.78, 5) is 18.3. The average Bonchev–Trinajstić information content (AvgIpc) is 2.67. The van der Waals surface area contributed by atoms with Crippen LogP contribution in [0.4, 0.5) is 4.79 Å². The molecule has 0 saturated heterocycles. The lowest BCUT2D eigenvalue weighted by Crippen LogP contribution is -2.37. The molecule has 0 saturated carbocycles. The standard InChI is InChI=1S/C17H26N2O4/c1-6-12(2)22-14-8-7-13-11-19(9-10-21-15(13)18-14)16(20)23-17(3,4)5/h7-8,12H,6,9-11H2,1-5H3. The smallest absolute Gasteiger partial charge is 0.410 e. The third kappa shape index (κ3) is 5.01. The Morgan fingerprint density at radius 2 is 2.17 bits per heavy atom. The number of ether oxygens (including phenoxy) is 3. The van der Waals surface area contributed by atoms with Gasteiger partial charge in [-0.3, -0.25) is 0 Å². The van der Waals surface area contributed by atoms with Crippen molar-refractivity contribution in [3.05, 3.63) is 17.7 Å². The van der Waals surface area contributed by atoms with Gasteiger partial charge in [0, 0.05) is 11.6 Å². The Bertz CT molecular complexity index is 554. The van der Waals surface area contributed by atoms with Crippen LogP contribution in [0.3, 0.4) is 0 Å². The molecule has 1 unspecified atom stereocenters. The van der Waals surface area contributed by atoms with Crippen LogP contribution in [0, 0.1) is 0 Å². The molecule has 0 N–H and O–H groups in total. The number of fused-ring (bicyclic) bond motifs is 1. The minimum atomic E-state index is -0.515. The molecule has 6 nitrogen and oxygen atoms in total. The molecule has 1 atom stereocenters. The molecular formula is C17H26N2O4. The molecule has 1 aromatic heterocycles. The number of hydrogen-bond donors (Lipinski definition) is 0. The third-order valence-electron chi connectivity index (χ3n) is 3.42. The van der Waals surface area contributed by atoms with Crippen LogP contribution in [0.25, 0.3) is 0 Å². The number of carbonyl (C=O) groups is 1. The zero-order valence-corrected chi connectivity index (χ0v) is 14.6. The van der Waals surface area contributed by atoms with Gasteiger partial charge in [0.15, 0.2) is 0 Å². The lowest BCUT2D eigenvalue weighted by atomic mass is 10.2. The van der Waals surface area contributed by atoms with E-state index in [1.807, 2.05) is 39.8 Å². The molecule has 1 amide bonds. The Balaban J connectivity index is 2.10. The maximum atomic E-state index is 12.2. The first-order chi connectivity index (χ1) is 10.8. The lowest BCUT2D eigenvalue weighted by molar-refractivity contribution is 0.0225. The second-order valence-electron chi connectivity index (χ2n) is 6.70. The SMILES string of the molecule is CCC(C)Oc1ccc2c(n1)OCCN(C(=O)OC(C)(C)C)C2. The van der Waals surface area contributed by atoms with Gasteiger partial charge >= 0.3 is 6.09 Å². The van der Waals surface area contributed by atoms with Gasteiger partial charge in [-0.05, 0) is 40.2 Å². The van der Waals surface area contributed by atoms with Crippen LogP contribution in [0.2, 0.25) is 0 Å². The summed E-state index contributed by atoms with van der Waals surface area (Å²) >= 11 is 0. The highest BCUT2D eigenvalue weighted by Gasteiger charge is 2.25. The van der Waals surface area contributed by atoms with E-state index in [0.29, 0.717) is 31.5 Å². The molecule has 0 aliphatic carbocycles. The minimum absolute atomic E-state index is 0.101. The summed E-state index contributed by atoms with van der Waals surface area (Å²) in [6, 6.07) is 3.70. The number of rotatable bonds is 3. The third-order valence-corrected chi connectivity index (χ3v) is 3.42. The van der Waals surface area contributed by atoms with Gasteiger partial charge in [0.2, 0.25) is 11.8 Å². The maximum Gasteiger partial charge on any atom is 0.410 e.